The van der Waals surface area contributed by atoms with E-state index in [1.165, 1.54) is 6.07 Å². The largest absolute Gasteiger partial charge is 0.384 e. The number of carbonyl (C=O) groups is 1. The van der Waals surface area contributed by atoms with Crippen LogP contribution >= 0.6 is 23.2 Å². The topological polar surface area (TPSA) is 75.5 Å². The highest BCUT2D eigenvalue weighted by Crippen LogP contribution is 2.29. The van der Waals surface area contributed by atoms with Gasteiger partial charge in [0.05, 0.1) is 23.2 Å². The number of benzene rings is 1. The number of ether oxygens (including phenoxy) is 1. The third-order valence-corrected chi connectivity index (χ3v) is 4.63. The van der Waals surface area contributed by atoms with Gasteiger partial charge in [0.15, 0.2) is 0 Å². The fraction of sp³-hybridized carbons (Fsp3) is 0.375. The Kier molecular flexibility index (Phi) is 5.28. The molecule has 0 spiro atoms. The summed E-state index contributed by atoms with van der Waals surface area (Å²) in [4.78, 5) is 25.1. The lowest BCUT2D eigenvalue weighted by molar-refractivity contribution is -0.139. The molecule has 1 atom stereocenters. The highest BCUT2D eigenvalue weighted by Gasteiger charge is 2.25. The predicted octanol–water partition coefficient (Wildman–Crippen LogP) is 2.81. The van der Waals surface area contributed by atoms with Crippen molar-refractivity contribution in [1.82, 2.24) is 10.1 Å². The molecule has 3 rings (SSSR count). The van der Waals surface area contributed by atoms with Gasteiger partial charge in [-0.15, -0.1) is 0 Å². The number of nitrogens with one attached hydrogen (secondary N) is 1. The van der Waals surface area contributed by atoms with Crippen molar-refractivity contribution < 1.29 is 14.1 Å². The van der Waals surface area contributed by atoms with Crippen LogP contribution in [-0.4, -0.2) is 35.7 Å². The van der Waals surface area contributed by atoms with Gasteiger partial charge in [-0.2, -0.15) is 5.16 Å². The number of morpholine rings is 1. The van der Waals surface area contributed by atoms with Crippen LogP contribution in [-0.2, 0) is 16.0 Å². The molecule has 1 aliphatic rings. The summed E-state index contributed by atoms with van der Waals surface area (Å²) < 4.78 is 10.7. The maximum atomic E-state index is 12.4. The van der Waals surface area contributed by atoms with E-state index in [0.717, 1.165) is 5.56 Å². The summed E-state index contributed by atoms with van der Waals surface area (Å²) in [5.41, 5.74) is 0.585. The monoisotopic (exact) mass is 370 g/mol. The van der Waals surface area contributed by atoms with E-state index in [2.05, 4.69) is 5.16 Å². The highest BCUT2D eigenvalue weighted by atomic mass is 35.5. The summed E-state index contributed by atoms with van der Waals surface area (Å²) in [5, 5.41) is 3.16. The Morgan fingerprint density at radius 2 is 2.12 bits per heavy atom. The Morgan fingerprint density at radius 3 is 2.83 bits per heavy atom. The minimum atomic E-state index is -0.302. The Hall–Kier alpha value is -1.76. The van der Waals surface area contributed by atoms with Crippen molar-refractivity contribution in [3.63, 3.8) is 0 Å². The summed E-state index contributed by atoms with van der Waals surface area (Å²) in [7, 11) is 0. The van der Waals surface area contributed by atoms with E-state index in [-0.39, 0.29) is 24.0 Å². The second-order valence-corrected chi connectivity index (χ2v) is 6.37. The molecule has 128 valence electrons. The second-order valence-electron chi connectivity index (χ2n) is 5.55. The molecule has 2 heterocycles. The molecule has 8 heteroatoms. The molecule has 0 radical (unpaired) electrons. The van der Waals surface area contributed by atoms with E-state index < -0.39 is 0 Å². The van der Waals surface area contributed by atoms with E-state index in [4.69, 9.17) is 32.5 Å². The SMILES string of the molecule is O=C(CCc1cc(=O)[nH]o1)N1CCO[C@H](c2ccc(Cl)c(Cl)c2)C1. The minimum absolute atomic E-state index is 0.00721. The molecule has 6 nitrogen and oxygen atoms in total. The molecule has 0 unspecified atom stereocenters. The number of rotatable bonds is 4. The van der Waals surface area contributed by atoms with Crippen molar-refractivity contribution in [2.75, 3.05) is 19.7 Å². The van der Waals surface area contributed by atoms with E-state index in [9.17, 15) is 9.59 Å². The molecule has 1 amide bonds. The number of hydrogen-bond donors (Lipinski definition) is 1. The van der Waals surface area contributed by atoms with Crippen LogP contribution in [0.15, 0.2) is 33.6 Å². The van der Waals surface area contributed by atoms with Crippen LogP contribution in [0.5, 0.6) is 0 Å². The summed E-state index contributed by atoms with van der Waals surface area (Å²) in [6.45, 7) is 1.44. The van der Waals surface area contributed by atoms with Gasteiger partial charge in [0.25, 0.3) is 5.56 Å². The van der Waals surface area contributed by atoms with Crippen LogP contribution in [0.4, 0.5) is 0 Å². The zero-order valence-electron chi connectivity index (χ0n) is 12.8. The molecule has 0 aliphatic carbocycles. The number of aryl methyl sites for hydroxylation is 1. The number of carbonyl (C=O) groups excluding carboxylic acids is 1. The minimum Gasteiger partial charge on any atom is -0.384 e. The third kappa shape index (κ3) is 4.01. The molecule has 1 fully saturated rings. The smallest absolute Gasteiger partial charge is 0.280 e. The molecule has 24 heavy (non-hydrogen) atoms. The van der Waals surface area contributed by atoms with E-state index in [1.807, 2.05) is 6.07 Å². The summed E-state index contributed by atoms with van der Waals surface area (Å²) in [6, 6.07) is 6.68. The Labute approximate surface area is 148 Å². The van der Waals surface area contributed by atoms with Crippen molar-refractivity contribution in [1.29, 1.82) is 0 Å². The first kappa shape index (κ1) is 17.1. The molecule has 0 bridgehead atoms. The normalized spacial score (nSPS) is 17.9. The van der Waals surface area contributed by atoms with E-state index in [0.29, 0.717) is 41.9 Å². The highest BCUT2D eigenvalue weighted by molar-refractivity contribution is 6.42. The van der Waals surface area contributed by atoms with Crippen molar-refractivity contribution in [3.05, 3.63) is 56.0 Å². The average molecular weight is 371 g/mol. The van der Waals surface area contributed by atoms with Crippen LogP contribution in [0.1, 0.15) is 23.8 Å². The van der Waals surface area contributed by atoms with Crippen molar-refractivity contribution >= 4 is 29.1 Å². The van der Waals surface area contributed by atoms with Gasteiger partial charge < -0.3 is 14.2 Å². The number of H-pyrrole nitrogens is 1. The van der Waals surface area contributed by atoms with Crippen molar-refractivity contribution in [2.45, 2.75) is 18.9 Å². The molecule has 1 aromatic carbocycles. The number of amides is 1. The molecule has 1 N–H and O–H groups in total. The maximum absolute atomic E-state index is 12.4. The Morgan fingerprint density at radius 1 is 1.29 bits per heavy atom. The molecular formula is C16H16Cl2N2O4. The first-order chi connectivity index (χ1) is 11.5. The lowest BCUT2D eigenvalue weighted by Gasteiger charge is -2.33. The molecule has 1 aromatic heterocycles. The van der Waals surface area contributed by atoms with E-state index in [1.54, 1.807) is 17.0 Å². The molecule has 1 aliphatic heterocycles. The molecule has 1 saturated heterocycles. The van der Waals surface area contributed by atoms with Crippen molar-refractivity contribution in [2.24, 2.45) is 0 Å². The molecule has 0 saturated carbocycles. The Balaban J connectivity index is 1.60. The van der Waals surface area contributed by atoms with Crippen LogP contribution in [0.2, 0.25) is 10.0 Å². The Bertz CT molecular complexity index is 786. The predicted molar refractivity (Wildman–Crippen MR) is 89.4 cm³/mol. The lowest BCUT2D eigenvalue weighted by atomic mass is 10.1. The summed E-state index contributed by atoms with van der Waals surface area (Å²) in [5.74, 6) is 0.467. The average Bonchev–Trinajstić information content (AvgIpc) is 3.00. The van der Waals surface area contributed by atoms with Crippen molar-refractivity contribution in [3.8, 4) is 0 Å². The number of nitrogens with zero attached hydrogens (tertiary/aromatic N) is 1. The van der Waals surface area contributed by atoms with Gasteiger partial charge in [0, 0.05) is 25.5 Å². The first-order valence-corrected chi connectivity index (χ1v) is 8.30. The van der Waals surface area contributed by atoms with Gasteiger partial charge in [-0.3, -0.25) is 9.59 Å². The van der Waals surface area contributed by atoms with Gasteiger partial charge in [-0.05, 0) is 17.7 Å². The summed E-state index contributed by atoms with van der Waals surface area (Å²) in [6.07, 6.45) is 0.420. The van der Waals surface area contributed by atoms with Gasteiger partial charge in [-0.1, -0.05) is 29.3 Å². The van der Waals surface area contributed by atoms with E-state index >= 15 is 0 Å². The van der Waals surface area contributed by atoms with Gasteiger partial charge in [-0.25, -0.2) is 0 Å². The van der Waals surface area contributed by atoms with Crippen LogP contribution in [0.3, 0.4) is 0 Å². The third-order valence-electron chi connectivity index (χ3n) is 3.89. The van der Waals surface area contributed by atoms with Gasteiger partial charge in [0.2, 0.25) is 5.91 Å². The second kappa shape index (κ2) is 7.42. The fourth-order valence-corrected chi connectivity index (χ4v) is 2.93. The zero-order chi connectivity index (χ0) is 17.1. The fourth-order valence-electron chi connectivity index (χ4n) is 2.62. The first-order valence-electron chi connectivity index (χ1n) is 7.54. The van der Waals surface area contributed by atoms with Crippen LogP contribution < -0.4 is 5.56 Å². The van der Waals surface area contributed by atoms with Gasteiger partial charge in [0.1, 0.15) is 11.9 Å². The molecule has 2 aromatic rings. The number of aromatic amines is 1. The lowest BCUT2D eigenvalue weighted by Crippen LogP contribution is -2.42. The van der Waals surface area contributed by atoms with Crippen LogP contribution in [0, 0.1) is 0 Å². The quantitative estimate of drug-likeness (QED) is 0.897. The number of halogens is 2. The number of aromatic nitrogens is 1. The zero-order valence-corrected chi connectivity index (χ0v) is 14.3. The maximum Gasteiger partial charge on any atom is 0.280 e. The standard InChI is InChI=1S/C16H16Cl2N2O4/c17-12-3-1-10(7-13(12)18)14-9-20(5-6-23-14)16(22)4-2-11-8-15(21)19-24-11/h1,3,7-8,14H,2,4-6,9H2,(H,19,21)/t14-/m0/s1. The summed E-state index contributed by atoms with van der Waals surface area (Å²) >= 11 is 12.0. The molecular weight excluding hydrogens is 355 g/mol. The van der Waals surface area contributed by atoms with Crippen LogP contribution in [0.25, 0.3) is 0 Å². The van der Waals surface area contributed by atoms with Gasteiger partial charge >= 0.3 is 0 Å². The number of hydrogen-bond acceptors (Lipinski definition) is 4.